The zero-order chi connectivity index (χ0) is 28.3. The molecule has 9 nitrogen and oxygen atoms in total. The number of methoxy groups -OCH3 is 1. The fourth-order valence-electron chi connectivity index (χ4n) is 5.78. The lowest BCUT2D eigenvalue weighted by Crippen LogP contribution is -2.42. The number of ether oxygens (including phenoxy) is 2. The molecule has 0 bridgehead atoms. The molecule has 0 radical (unpaired) electrons. The highest BCUT2D eigenvalue weighted by Gasteiger charge is 2.36. The molecule has 0 aliphatic carbocycles. The van der Waals surface area contributed by atoms with E-state index in [2.05, 4.69) is 21.2 Å². The summed E-state index contributed by atoms with van der Waals surface area (Å²) in [6, 6.07) is 20.8. The second-order valence-corrected chi connectivity index (χ2v) is 10.5. The number of benzene rings is 3. The van der Waals surface area contributed by atoms with E-state index in [1.54, 1.807) is 18.2 Å². The minimum atomic E-state index is -0.637. The van der Waals surface area contributed by atoms with Gasteiger partial charge in [0.05, 0.1) is 50.4 Å². The number of anilines is 2. The Bertz CT molecular complexity index is 1510. The molecule has 1 fully saturated rings. The molecule has 41 heavy (non-hydrogen) atoms. The Labute approximate surface area is 238 Å². The Morgan fingerprint density at radius 3 is 2.56 bits per heavy atom. The number of nitrogens with one attached hydrogen (secondary N) is 1. The summed E-state index contributed by atoms with van der Waals surface area (Å²) in [7, 11) is 1.33. The van der Waals surface area contributed by atoms with Crippen molar-refractivity contribution in [2.45, 2.75) is 12.3 Å². The first kappa shape index (κ1) is 26.9. The van der Waals surface area contributed by atoms with Crippen LogP contribution in [0.4, 0.5) is 17.1 Å². The Kier molecular flexibility index (Phi) is 7.63. The summed E-state index contributed by atoms with van der Waals surface area (Å²) < 4.78 is 10.2. The minimum absolute atomic E-state index is 0.198. The summed E-state index contributed by atoms with van der Waals surface area (Å²) in [6.07, 6.45) is 0.827. The number of esters is 1. The third kappa shape index (κ3) is 5.64. The van der Waals surface area contributed by atoms with Crippen LogP contribution in [0.2, 0.25) is 0 Å². The maximum atomic E-state index is 13.3. The molecule has 3 heterocycles. The van der Waals surface area contributed by atoms with Gasteiger partial charge in [0.1, 0.15) is 5.92 Å². The van der Waals surface area contributed by atoms with Crippen molar-refractivity contribution >= 4 is 40.4 Å². The number of carbonyl (C=O) groups is 3. The van der Waals surface area contributed by atoms with Crippen LogP contribution in [0.25, 0.3) is 0 Å². The predicted molar refractivity (Wildman–Crippen MR) is 156 cm³/mol. The number of carbonyl (C=O) groups excluding carboxylic acids is 3. The molecular weight excluding hydrogens is 520 g/mol. The van der Waals surface area contributed by atoms with E-state index < -0.39 is 11.9 Å². The fraction of sp³-hybridized carbons (Fsp3) is 0.312. The topological polar surface area (TPSA) is 101 Å². The van der Waals surface area contributed by atoms with Crippen LogP contribution < -0.4 is 10.2 Å². The Morgan fingerprint density at radius 1 is 0.976 bits per heavy atom. The van der Waals surface area contributed by atoms with E-state index in [1.165, 1.54) is 7.11 Å². The van der Waals surface area contributed by atoms with Gasteiger partial charge in [-0.3, -0.25) is 19.5 Å². The lowest BCUT2D eigenvalue weighted by Gasteiger charge is -2.27. The summed E-state index contributed by atoms with van der Waals surface area (Å²) in [4.78, 5) is 47.5. The molecular formula is C32H32N4O5. The number of rotatable bonds is 8. The van der Waals surface area contributed by atoms with Gasteiger partial charge < -0.3 is 19.7 Å². The number of ketones is 1. The molecule has 3 aromatic rings. The standard InChI is InChI=1S/C32H32N4O5/c1-40-32(39)23-7-9-26-27(18-23)34-31(38)29(26)30(21-5-3-2-4-6-21)33-24-8-10-28-22(17-24)11-12-36(28)20-25(37)19-35-13-15-41-16-14-35/h2-10,17-18,29H,11-16,19-20H2,1H3,(H,34,38). The summed E-state index contributed by atoms with van der Waals surface area (Å²) in [5, 5.41) is 2.92. The van der Waals surface area contributed by atoms with Crippen LogP contribution in [-0.4, -0.2) is 81.3 Å². The number of morpholine rings is 1. The second kappa shape index (κ2) is 11.6. The van der Waals surface area contributed by atoms with Crippen molar-refractivity contribution in [1.82, 2.24) is 4.90 Å². The SMILES string of the molecule is COC(=O)c1ccc2c(c1)NC(=O)C2C(=Nc1ccc2c(c1)CCN2CC(=O)CN1CCOCC1)c1ccccc1. The van der Waals surface area contributed by atoms with Gasteiger partial charge in [0.25, 0.3) is 0 Å². The lowest BCUT2D eigenvalue weighted by molar-refractivity contribution is -0.120. The first-order valence-corrected chi connectivity index (χ1v) is 13.9. The number of Topliss-reactive ketones (excluding diaryl/α,β-unsaturated/α-hetero) is 1. The van der Waals surface area contributed by atoms with E-state index in [1.807, 2.05) is 42.5 Å². The number of aliphatic imine (C=N–C) groups is 1. The molecule has 6 rings (SSSR count). The van der Waals surface area contributed by atoms with E-state index >= 15 is 0 Å². The Hall–Kier alpha value is -4.34. The molecule has 210 valence electrons. The molecule has 1 unspecified atom stereocenters. The van der Waals surface area contributed by atoms with Crippen molar-refractivity contribution in [1.29, 1.82) is 0 Å². The predicted octanol–water partition coefficient (Wildman–Crippen LogP) is 3.59. The molecule has 0 aromatic heterocycles. The third-order valence-corrected chi connectivity index (χ3v) is 7.82. The highest BCUT2D eigenvalue weighted by molar-refractivity contribution is 6.24. The first-order chi connectivity index (χ1) is 20.0. The molecule has 0 spiro atoms. The quantitative estimate of drug-likeness (QED) is 0.337. The largest absolute Gasteiger partial charge is 0.465 e. The van der Waals surface area contributed by atoms with Crippen LogP contribution in [0, 0.1) is 0 Å². The number of nitrogens with zero attached hydrogens (tertiary/aromatic N) is 3. The second-order valence-electron chi connectivity index (χ2n) is 10.5. The lowest BCUT2D eigenvalue weighted by atomic mass is 9.90. The third-order valence-electron chi connectivity index (χ3n) is 7.82. The van der Waals surface area contributed by atoms with Crippen LogP contribution in [0.3, 0.4) is 0 Å². The number of hydrogen-bond donors (Lipinski definition) is 1. The van der Waals surface area contributed by atoms with Crippen molar-refractivity contribution in [2.75, 3.05) is 63.3 Å². The fourth-order valence-corrected chi connectivity index (χ4v) is 5.78. The molecule has 0 saturated carbocycles. The Balaban J connectivity index is 1.27. The zero-order valence-electron chi connectivity index (χ0n) is 23.0. The van der Waals surface area contributed by atoms with Crippen molar-refractivity contribution in [3.8, 4) is 0 Å². The van der Waals surface area contributed by atoms with Gasteiger partial charge in [-0.2, -0.15) is 0 Å². The average Bonchev–Trinajstić information content (AvgIpc) is 3.55. The summed E-state index contributed by atoms with van der Waals surface area (Å²) in [5.41, 5.74) is 6.12. The van der Waals surface area contributed by atoms with Crippen LogP contribution in [-0.2, 0) is 25.5 Å². The first-order valence-electron chi connectivity index (χ1n) is 13.9. The van der Waals surface area contributed by atoms with Gasteiger partial charge in [0, 0.05) is 31.0 Å². The van der Waals surface area contributed by atoms with Gasteiger partial charge in [-0.15, -0.1) is 0 Å². The van der Waals surface area contributed by atoms with Crippen molar-refractivity contribution in [3.05, 3.63) is 89.0 Å². The highest BCUT2D eigenvalue weighted by atomic mass is 16.5. The van der Waals surface area contributed by atoms with Gasteiger partial charge in [0.2, 0.25) is 5.91 Å². The molecule has 1 saturated heterocycles. The van der Waals surface area contributed by atoms with Gasteiger partial charge in [-0.25, -0.2) is 4.79 Å². The van der Waals surface area contributed by atoms with Crippen molar-refractivity contribution < 1.29 is 23.9 Å². The van der Waals surface area contributed by atoms with Gasteiger partial charge in [0.15, 0.2) is 5.78 Å². The normalized spacial score (nSPS) is 18.6. The van der Waals surface area contributed by atoms with E-state index in [4.69, 9.17) is 14.5 Å². The molecule has 3 aliphatic heterocycles. The maximum Gasteiger partial charge on any atom is 0.337 e. The maximum absolute atomic E-state index is 13.3. The molecule has 9 heteroatoms. The number of hydrogen-bond acceptors (Lipinski definition) is 8. The van der Waals surface area contributed by atoms with Gasteiger partial charge >= 0.3 is 5.97 Å². The number of amides is 1. The zero-order valence-corrected chi connectivity index (χ0v) is 23.0. The smallest absolute Gasteiger partial charge is 0.337 e. The summed E-state index contributed by atoms with van der Waals surface area (Å²) in [5.74, 6) is -1.09. The van der Waals surface area contributed by atoms with E-state index in [0.717, 1.165) is 54.1 Å². The molecule has 1 amide bonds. The van der Waals surface area contributed by atoms with Crippen LogP contribution >= 0.6 is 0 Å². The Morgan fingerprint density at radius 2 is 1.78 bits per heavy atom. The number of fused-ring (bicyclic) bond motifs is 2. The van der Waals surface area contributed by atoms with E-state index in [9.17, 15) is 14.4 Å². The van der Waals surface area contributed by atoms with E-state index in [-0.39, 0.29) is 11.7 Å². The average molecular weight is 553 g/mol. The molecule has 3 aliphatic rings. The van der Waals surface area contributed by atoms with Gasteiger partial charge in [-0.1, -0.05) is 36.4 Å². The van der Waals surface area contributed by atoms with Gasteiger partial charge in [-0.05, 0) is 53.4 Å². The molecule has 1 N–H and O–H groups in total. The summed E-state index contributed by atoms with van der Waals surface area (Å²) >= 11 is 0. The van der Waals surface area contributed by atoms with E-state index in [0.29, 0.717) is 43.3 Å². The summed E-state index contributed by atoms with van der Waals surface area (Å²) in [6.45, 7) is 4.56. The minimum Gasteiger partial charge on any atom is -0.465 e. The van der Waals surface area contributed by atoms with Crippen LogP contribution in [0.1, 0.15) is 33.0 Å². The van der Waals surface area contributed by atoms with Crippen LogP contribution in [0.15, 0.2) is 71.7 Å². The highest BCUT2D eigenvalue weighted by Crippen LogP contribution is 2.38. The molecule has 3 aromatic carbocycles. The van der Waals surface area contributed by atoms with Crippen molar-refractivity contribution in [2.24, 2.45) is 4.99 Å². The monoisotopic (exact) mass is 552 g/mol. The van der Waals surface area contributed by atoms with Crippen LogP contribution in [0.5, 0.6) is 0 Å². The molecule has 1 atom stereocenters. The van der Waals surface area contributed by atoms with Crippen molar-refractivity contribution in [3.63, 3.8) is 0 Å².